The molecule has 1 fully saturated rings. The predicted octanol–water partition coefficient (Wildman–Crippen LogP) is 3.08. The Labute approximate surface area is 118 Å². The van der Waals surface area contributed by atoms with Crippen molar-refractivity contribution in [2.24, 2.45) is 0 Å². The molecule has 1 N–H and O–H groups in total. The van der Waals surface area contributed by atoms with Crippen molar-refractivity contribution in [3.05, 3.63) is 35.9 Å². The Kier molecular flexibility index (Phi) is 4.64. The summed E-state index contributed by atoms with van der Waals surface area (Å²) < 4.78 is 0. The minimum Gasteiger partial charge on any atom is -0.309 e. The Hall–Kier alpha value is -0.860. The fourth-order valence-electron chi connectivity index (χ4n) is 2.99. The first-order valence-electron chi connectivity index (χ1n) is 7.59. The van der Waals surface area contributed by atoms with Gasteiger partial charge in [-0.3, -0.25) is 4.90 Å². The lowest BCUT2D eigenvalue weighted by atomic mass is 9.90. The van der Waals surface area contributed by atoms with Crippen molar-refractivity contribution in [1.29, 1.82) is 0 Å². The van der Waals surface area contributed by atoms with Crippen molar-refractivity contribution >= 4 is 0 Å². The van der Waals surface area contributed by atoms with E-state index >= 15 is 0 Å². The highest BCUT2D eigenvalue weighted by molar-refractivity contribution is 5.16. The van der Waals surface area contributed by atoms with Gasteiger partial charge in [0.15, 0.2) is 0 Å². The molecule has 2 unspecified atom stereocenters. The second kappa shape index (κ2) is 6.06. The SMILES string of the molecule is CCC1(C)CN(C(C)C)C(Cc2ccccc2)CN1. The van der Waals surface area contributed by atoms with Gasteiger partial charge in [0.05, 0.1) is 0 Å². The molecule has 19 heavy (non-hydrogen) atoms. The van der Waals surface area contributed by atoms with E-state index in [2.05, 4.69) is 68.2 Å². The molecule has 106 valence electrons. The highest BCUT2D eigenvalue weighted by atomic mass is 15.3. The molecule has 0 spiro atoms. The number of rotatable bonds is 4. The van der Waals surface area contributed by atoms with E-state index < -0.39 is 0 Å². The molecule has 0 aliphatic carbocycles. The van der Waals surface area contributed by atoms with E-state index in [9.17, 15) is 0 Å². The Morgan fingerprint density at radius 3 is 2.58 bits per heavy atom. The zero-order valence-corrected chi connectivity index (χ0v) is 12.8. The van der Waals surface area contributed by atoms with Crippen LogP contribution in [0.1, 0.15) is 39.7 Å². The number of piperazine rings is 1. The van der Waals surface area contributed by atoms with Gasteiger partial charge in [0.1, 0.15) is 0 Å². The van der Waals surface area contributed by atoms with Gasteiger partial charge in [-0.2, -0.15) is 0 Å². The number of nitrogens with one attached hydrogen (secondary N) is 1. The van der Waals surface area contributed by atoms with Crippen molar-refractivity contribution in [2.75, 3.05) is 13.1 Å². The molecule has 2 rings (SSSR count). The zero-order chi connectivity index (χ0) is 13.9. The average molecular weight is 260 g/mol. The molecule has 2 heteroatoms. The second-order valence-electron chi connectivity index (χ2n) is 6.40. The van der Waals surface area contributed by atoms with Crippen LogP contribution in [0.15, 0.2) is 30.3 Å². The third-order valence-corrected chi connectivity index (χ3v) is 4.52. The van der Waals surface area contributed by atoms with Crippen LogP contribution in [0.25, 0.3) is 0 Å². The average Bonchev–Trinajstić information content (AvgIpc) is 2.42. The summed E-state index contributed by atoms with van der Waals surface area (Å²) in [4.78, 5) is 2.67. The van der Waals surface area contributed by atoms with Crippen LogP contribution in [-0.2, 0) is 6.42 Å². The number of nitrogens with zero attached hydrogens (tertiary/aromatic N) is 1. The molecule has 2 atom stereocenters. The third-order valence-electron chi connectivity index (χ3n) is 4.52. The Morgan fingerprint density at radius 2 is 2.00 bits per heavy atom. The molecule has 2 nitrogen and oxygen atoms in total. The van der Waals surface area contributed by atoms with Crippen LogP contribution >= 0.6 is 0 Å². The first kappa shape index (κ1) is 14.5. The smallest absolute Gasteiger partial charge is 0.0278 e. The van der Waals surface area contributed by atoms with Gasteiger partial charge in [-0.15, -0.1) is 0 Å². The lowest BCUT2D eigenvalue weighted by Gasteiger charge is -2.48. The first-order chi connectivity index (χ1) is 9.04. The molecule has 1 aliphatic heterocycles. The lowest BCUT2D eigenvalue weighted by Crippen LogP contribution is -2.64. The van der Waals surface area contributed by atoms with Crippen LogP contribution in [0.5, 0.6) is 0 Å². The quantitative estimate of drug-likeness (QED) is 0.895. The van der Waals surface area contributed by atoms with E-state index in [4.69, 9.17) is 0 Å². The summed E-state index contributed by atoms with van der Waals surface area (Å²) in [6.07, 6.45) is 2.33. The summed E-state index contributed by atoms with van der Waals surface area (Å²) in [6, 6.07) is 12.1. The van der Waals surface area contributed by atoms with Crippen molar-refractivity contribution in [3.63, 3.8) is 0 Å². The molecule has 1 aliphatic rings. The molecule has 1 saturated heterocycles. The van der Waals surface area contributed by atoms with E-state index in [1.54, 1.807) is 0 Å². The van der Waals surface area contributed by atoms with Gasteiger partial charge >= 0.3 is 0 Å². The first-order valence-corrected chi connectivity index (χ1v) is 7.59. The topological polar surface area (TPSA) is 15.3 Å². The number of benzene rings is 1. The molecule has 1 aromatic rings. The number of hydrogen-bond acceptors (Lipinski definition) is 2. The molecule has 0 saturated carbocycles. The van der Waals surface area contributed by atoms with E-state index in [1.165, 1.54) is 12.0 Å². The third kappa shape index (κ3) is 3.58. The van der Waals surface area contributed by atoms with Crippen LogP contribution in [0.2, 0.25) is 0 Å². The van der Waals surface area contributed by atoms with Crippen LogP contribution in [0.3, 0.4) is 0 Å². The lowest BCUT2D eigenvalue weighted by molar-refractivity contribution is 0.0580. The molecule has 1 heterocycles. The van der Waals surface area contributed by atoms with Gasteiger partial charge < -0.3 is 5.32 Å². The summed E-state index contributed by atoms with van der Waals surface area (Å²) in [5.41, 5.74) is 1.72. The largest absolute Gasteiger partial charge is 0.309 e. The Balaban J connectivity index is 2.08. The second-order valence-corrected chi connectivity index (χ2v) is 6.40. The summed E-state index contributed by atoms with van der Waals surface area (Å²) >= 11 is 0. The predicted molar refractivity (Wildman–Crippen MR) is 82.5 cm³/mol. The molecule has 1 aromatic carbocycles. The standard InChI is InChI=1S/C17H28N2/c1-5-17(4)13-19(14(2)3)16(12-18-17)11-15-9-7-6-8-10-15/h6-10,14,16,18H,5,11-13H2,1-4H3. The summed E-state index contributed by atoms with van der Waals surface area (Å²) in [5, 5.41) is 3.76. The van der Waals surface area contributed by atoms with E-state index in [0.29, 0.717) is 12.1 Å². The molecular weight excluding hydrogens is 232 g/mol. The highest BCUT2D eigenvalue weighted by Crippen LogP contribution is 2.23. The van der Waals surface area contributed by atoms with Gasteiger partial charge in [0, 0.05) is 30.7 Å². The van der Waals surface area contributed by atoms with Gasteiger partial charge in [-0.1, -0.05) is 37.3 Å². The fraction of sp³-hybridized carbons (Fsp3) is 0.647. The van der Waals surface area contributed by atoms with E-state index in [-0.39, 0.29) is 5.54 Å². The molecular formula is C17H28N2. The van der Waals surface area contributed by atoms with Crippen molar-refractivity contribution in [3.8, 4) is 0 Å². The van der Waals surface area contributed by atoms with Gasteiger partial charge in [0.25, 0.3) is 0 Å². The molecule has 0 radical (unpaired) electrons. The van der Waals surface area contributed by atoms with Crippen LogP contribution in [-0.4, -0.2) is 35.6 Å². The van der Waals surface area contributed by atoms with Gasteiger partial charge in [-0.25, -0.2) is 0 Å². The molecule has 0 aromatic heterocycles. The summed E-state index contributed by atoms with van der Waals surface area (Å²) in [6.45, 7) is 11.5. The number of hydrogen-bond donors (Lipinski definition) is 1. The fourth-order valence-corrected chi connectivity index (χ4v) is 2.99. The maximum atomic E-state index is 3.76. The summed E-state index contributed by atoms with van der Waals surface area (Å²) in [7, 11) is 0. The maximum absolute atomic E-state index is 3.76. The van der Waals surface area contributed by atoms with Crippen LogP contribution < -0.4 is 5.32 Å². The van der Waals surface area contributed by atoms with Crippen molar-refractivity contribution in [2.45, 2.75) is 58.2 Å². The molecule has 0 amide bonds. The minimum atomic E-state index is 0.275. The Morgan fingerprint density at radius 1 is 1.32 bits per heavy atom. The van der Waals surface area contributed by atoms with Crippen LogP contribution in [0, 0.1) is 0 Å². The van der Waals surface area contributed by atoms with E-state index in [0.717, 1.165) is 19.5 Å². The highest BCUT2D eigenvalue weighted by Gasteiger charge is 2.35. The Bertz CT molecular complexity index is 388. The monoisotopic (exact) mass is 260 g/mol. The maximum Gasteiger partial charge on any atom is 0.0278 e. The van der Waals surface area contributed by atoms with Crippen molar-refractivity contribution in [1.82, 2.24) is 10.2 Å². The molecule has 0 bridgehead atoms. The van der Waals surface area contributed by atoms with Crippen LogP contribution in [0.4, 0.5) is 0 Å². The minimum absolute atomic E-state index is 0.275. The summed E-state index contributed by atoms with van der Waals surface area (Å²) in [5.74, 6) is 0. The van der Waals surface area contributed by atoms with Gasteiger partial charge in [-0.05, 0) is 39.2 Å². The van der Waals surface area contributed by atoms with E-state index in [1.807, 2.05) is 0 Å². The normalized spacial score (nSPS) is 28.8. The zero-order valence-electron chi connectivity index (χ0n) is 12.8. The van der Waals surface area contributed by atoms with Crippen molar-refractivity contribution < 1.29 is 0 Å². The van der Waals surface area contributed by atoms with Gasteiger partial charge in [0.2, 0.25) is 0 Å².